The fraction of sp³-hybridized carbons (Fsp3) is 0.0625. The van der Waals surface area contributed by atoms with Crippen LogP contribution in [0.4, 0.5) is 5.69 Å². The topological polar surface area (TPSA) is 115 Å². The van der Waals surface area contributed by atoms with Crippen molar-refractivity contribution in [3.8, 4) is 0 Å². The predicted molar refractivity (Wildman–Crippen MR) is 93.1 cm³/mol. The van der Waals surface area contributed by atoms with E-state index in [4.69, 9.17) is 5.11 Å². The molecule has 0 spiro atoms. The number of hydrogen-bond donors (Lipinski definition) is 1. The van der Waals surface area contributed by atoms with Gasteiger partial charge in [0, 0.05) is 17.8 Å². The highest BCUT2D eigenvalue weighted by Crippen LogP contribution is 2.21. The molecule has 0 aliphatic carbocycles. The molecule has 0 aliphatic heterocycles. The number of fused-ring (bicyclic) bond motifs is 1. The van der Waals surface area contributed by atoms with Gasteiger partial charge >= 0.3 is 5.97 Å². The lowest BCUT2D eigenvalue weighted by Gasteiger charge is -2.01. The Morgan fingerprint density at radius 1 is 1.36 bits per heavy atom. The Morgan fingerprint density at radius 2 is 2.08 bits per heavy atom. The summed E-state index contributed by atoms with van der Waals surface area (Å²) < 4.78 is 1.19. The Bertz CT molecular complexity index is 1100. The predicted octanol–water partition coefficient (Wildman–Crippen LogP) is 2.84. The van der Waals surface area contributed by atoms with Gasteiger partial charge in [0.05, 0.1) is 16.2 Å². The van der Waals surface area contributed by atoms with Crippen molar-refractivity contribution in [3.05, 3.63) is 72.6 Å². The summed E-state index contributed by atoms with van der Waals surface area (Å²) in [6, 6.07) is 6.21. The summed E-state index contributed by atoms with van der Waals surface area (Å²) in [6.45, 7) is 1.57. The van der Waals surface area contributed by atoms with Crippen molar-refractivity contribution in [1.82, 2.24) is 9.38 Å². The lowest BCUT2D eigenvalue weighted by Crippen LogP contribution is -2.17. The monoisotopic (exact) mass is 357 g/mol. The quantitative estimate of drug-likeness (QED) is 0.567. The Morgan fingerprint density at radius 3 is 2.76 bits per heavy atom. The number of thiazole rings is 1. The van der Waals surface area contributed by atoms with Crippen molar-refractivity contribution in [2.75, 3.05) is 0 Å². The Kier molecular flexibility index (Phi) is 4.15. The molecule has 8 nitrogen and oxygen atoms in total. The van der Waals surface area contributed by atoms with E-state index in [9.17, 15) is 19.7 Å². The Balaban J connectivity index is 2.11. The maximum absolute atomic E-state index is 12.4. The largest absolute Gasteiger partial charge is 0.477 e. The Labute approximate surface area is 144 Å². The molecule has 0 atom stereocenters. The van der Waals surface area contributed by atoms with E-state index in [0.29, 0.717) is 16.8 Å². The Hall–Kier alpha value is -3.33. The van der Waals surface area contributed by atoms with Gasteiger partial charge < -0.3 is 5.11 Å². The van der Waals surface area contributed by atoms with Gasteiger partial charge in [-0.15, -0.1) is 0 Å². The van der Waals surface area contributed by atoms with Crippen molar-refractivity contribution >= 4 is 40.1 Å². The van der Waals surface area contributed by atoms with E-state index in [1.54, 1.807) is 25.1 Å². The van der Waals surface area contributed by atoms with Crippen LogP contribution in [0.25, 0.3) is 17.1 Å². The van der Waals surface area contributed by atoms with Crippen LogP contribution in [0.15, 0.2) is 35.3 Å². The number of benzene rings is 1. The van der Waals surface area contributed by atoms with Crippen molar-refractivity contribution in [2.45, 2.75) is 6.92 Å². The van der Waals surface area contributed by atoms with E-state index in [1.807, 2.05) is 0 Å². The van der Waals surface area contributed by atoms with Gasteiger partial charge in [0.2, 0.25) is 0 Å². The van der Waals surface area contributed by atoms with Crippen LogP contribution in [0, 0.1) is 17.0 Å². The molecule has 0 saturated carbocycles. The number of nitro benzene ring substituents is 1. The summed E-state index contributed by atoms with van der Waals surface area (Å²) in [5.74, 6) is -1.13. The maximum Gasteiger partial charge on any atom is 0.347 e. The molecular formula is C16H11N3O5S. The molecule has 2 heterocycles. The number of carboxylic acids is 1. The molecule has 9 heteroatoms. The first kappa shape index (κ1) is 16.5. The molecule has 1 aromatic carbocycles. The summed E-state index contributed by atoms with van der Waals surface area (Å²) in [5, 5.41) is 20.1. The lowest BCUT2D eigenvalue weighted by atomic mass is 10.1. The molecule has 3 aromatic rings. The second kappa shape index (κ2) is 6.29. The molecule has 3 rings (SSSR count). The highest BCUT2D eigenvalue weighted by Gasteiger charge is 2.14. The van der Waals surface area contributed by atoms with Gasteiger partial charge in [-0.1, -0.05) is 23.5 Å². The van der Waals surface area contributed by atoms with Crippen LogP contribution >= 0.6 is 11.3 Å². The van der Waals surface area contributed by atoms with E-state index in [2.05, 4.69) is 4.98 Å². The summed E-state index contributed by atoms with van der Waals surface area (Å²) in [7, 11) is 0. The van der Waals surface area contributed by atoms with E-state index >= 15 is 0 Å². The number of para-hydroxylation sites is 1. The fourth-order valence-corrected chi connectivity index (χ4v) is 3.09. The highest BCUT2D eigenvalue weighted by molar-refractivity contribution is 7.18. The van der Waals surface area contributed by atoms with Crippen molar-refractivity contribution < 1.29 is 14.8 Å². The van der Waals surface area contributed by atoms with Gasteiger partial charge in [-0.3, -0.25) is 19.3 Å². The minimum Gasteiger partial charge on any atom is -0.477 e. The second-order valence-corrected chi connectivity index (χ2v) is 6.14. The molecule has 0 aliphatic rings. The number of carboxylic acid groups (broad SMARTS) is 1. The van der Waals surface area contributed by atoms with Crippen molar-refractivity contribution in [2.24, 2.45) is 0 Å². The van der Waals surface area contributed by atoms with Crippen LogP contribution < -0.4 is 5.56 Å². The summed E-state index contributed by atoms with van der Waals surface area (Å²) in [5.41, 5.74) is 0.602. The van der Waals surface area contributed by atoms with Gasteiger partial charge in [-0.05, 0) is 25.1 Å². The summed E-state index contributed by atoms with van der Waals surface area (Å²) >= 11 is 0.882. The first-order valence-corrected chi connectivity index (χ1v) is 7.87. The van der Waals surface area contributed by atoms with Crippen molar-refractivity contribution in [1.29, 1.82) is 0 Å². The number of nitrogens with zero attached hydrogens (tertiary/aromatic N) is 3. The molecule has 126 valence electrons. The number of carbonyl (C=O) groups is 1. The minimum absolute atomic E-state index is 0.00354. The molecule has 0 amide bonds. The standard InChI is InChI=1S/C16H11N3O5S/c1-9-11(7-6-10-4-2-3-5-12(10)19(23)24)17-16-18(14(9)20)8-13(25-16)15(21)22/h2-8H,1H3,(H,21,22). The average molecular weight is 357 g/mol. The van der Waals surface area contributed by atoms with E-state index < -0.39 is 10.9 Å². The van der Waals surface area contributed by atoms with Crippen molar-refractivity contribution in [3.63, 3.8) is 0 Å². The first-order valence-electron chi connectivity index (χ1n) is 7.06. The van der Waals surface area contributed by atoms with E-state index in [-0.39, 0.29) is 21.1 Å². The fourth-order valence-electron chi connectivity index (χ4n) is 2.27. The van der Waals surface area contributed by atoms with Crippen LogP contribution in [0.3, 0.4) is 0 Å². The van der Waals surface area contributed by atoms with Crippen LogP contribution in [0.2, 0.25) is 0 Å². The number of aromatic nitrogens is 2. The highest BCUT2D eigenvalue weighted by atomic mass is 32.1. The lowest BCUT2D eigenvalue weighted by molar-refractivity contribution is -0.385. The van der Waals surface area contributed by atoms with Crippen LogP contribution in [0.1, 0.15) is 26.5 Å². The van der Waals surface area contributed by atoms with Gasteiger partial charge in [0.15, 0.2) is 4.96 Å². The maximum atomic E-state index is 12.4. The van der Waals surface area contributed by atoms with Crippen LogP contribution in [-0.2, 0) is 0 Å². The summed E-state index contributed by atoms with van der Waals surface area (Å²) in [4.78, 5) is 38.5. The molecule has 0 fully saturated rings. The third kappa shape index (κ3) is 3.04. The minimum atomic E-state index is -1.13. The first-order chi connectivity index (χ1) is 11.9. The van der Waals surface area contributed by atoms with Gasteiger partial charge in [-0.2, -0.15) is 0 Å². The van der Waals surface area contributed by atoms with Crippen LogP contribution in [-0.4, -0.2) is 25.4 Å². The van der Waals surface area contributed by atoms with Crippen LogP contribution in [0.5, 0.6) is 0 Å². The molecule has 1 N–H and O–H groups in total. The van der Waals surface area contributed by atoms with E-state index in [0.717, 1.165) is 11.3 Å². The zero-order valence-corrected chi connectivity index (χ0v) is 13.7. The molecule has 2 aromatic heterocycles. The molecular weight excluding hydrogens is 346 g/mol. The zero-order valence-electron chi connectivity index (χ0n) is 12.9. The molecule has 0 bridgehead atoms. The molecule has 0 saturated heterocycles. The summed E-state index contributed by atoms with van der Waals surface area (Å²) in [6.07, 6.45) is 4.26. The molecule has 0 unspecified atom stereocenters. The van der Waals surface area contributed by atoms with E-state index in [1.165, 1.54) is 28.8 Å². The third-order valence-electron chi connectivity index (χ3n) is 3.56. The third-order valence-corrected chi connectivity index (χ3v) is 4.53. The number of rotatable bonds is 4. The second-order valence-electron chi connectivity index (χ2n) is 5.13. The number of aromatic carboxylic acids is 1. The molecule has 0 radical (unpaired) electrons. The number of hydrogen-bond acceptors (Lipinski definition) is 6. The van der Waals surface area contributed by atoms with Gasteiger partial charge in [-0.25, -0.2) is 9.78 Å². The number of nitro groups is 1. The van der Waals surface area contributed by atoms with Gasteiger partial charge in [0.25, 0.3) is 11.2 Å². The average Bonchev–Trinajstić information content (AvgIpc) is 3.01. The SMILES string of the molecule is Cc1c(C=Cc2ccccc2[N+](=O)[O-])nc2sc(C(=O)O)cn2c1=O. The molecule has 25 heavy (non-hydrogen) atoms. The smallest absolute Gasteiger partial charge is 0.347 e. The normalized spacial score (nSPS) is 11.2. The van der Waals surface area contributed by atoms with Gasteiger partial charge in [0.1, 0.15) is 4.88 Å². The zero-order chi connectivity index (χ0) is 18.1.